The fourth-order valence-electron chi connectivity index (χ4n) is 3.99. The minimum atomic E-state index is 0.102. The van der Waals surface area contributed by atoms with Gasteiger partial charge in [-0.15, -0.1) is 0 Å². The van der Waals surface area contributed by atoms with Gasteiger partial charge in [-0.25, -0.2) is 9.50 Å². The standard InChI is InChI=1S/C23H22N4O2S/c1-29-20-6-2-4-16(12-20)17-7-8-21-24-22(25-27(21)14-17)18-5-3-10-26(13-18)23(28)19-9-11-30-15-19/h2,4,6-9,11-12,14-15,18H,3,5,10,13H2,1H3. The van der Waals surface area contributed by atoms with Crippen LogP contribution in [0.5, 0.6) is 5.75 Å². The molecule has 0 spiro atoms. The molecule has 4 heterocycles. The summed E-state index contributed by atoms with van der Waals surface area (Å²) in [5.41, 5.74) is 3.71. The molecule has 30 heavy (non-hydrogen) atoms. The lowest BCUT2D eigenvalue weighted by Gasteiger charge is -2.31. The lowest BCUT2D eigenvalue weighted by molar-refractivity contribution is 0.0705. The SMILES string of the molecule is COc1cccc(-c2ccc3nc(C4CCCN(C(=O)c5ccsc5)C4)nn3c2)c1. The highest BCUT2D eigenvalue weighted by Crippen LogP contribution is 2.28. The van der Waals surface area contributed by atoms with Crippen molar-refractivity contribution in [2.24, 2.45) is 0 Å². The molecular weight excluding hydrogens is 396 g/mol. The van der Waals surface area contributed by atoms with Gasteiger partial charge in [-0.05, 0) is 54.1 Å². The van der Waals surface area contributed by atoms with Crippen LogP contribution in [0, 0.1) is 0 Å². The monoisotopic (exact) mass is 418 g/mol. The van der Waals surface area contributed by atoms with Crippen LogP contribution >= 0.6 is 11.3 Å². The van der Waals surface area contributed by atoms with Crippen LogP contribution in [0.3, 0.4) is 0 Å². The number of methoxy groups -OCH3 is 1. The maximum Gasteiger partial charge on any atom is 0.254 e. The molecule has 0 N–H and O–H groups in total. The first-order chi connectivity index (χ1) is 14.7. The molecule has 3 aromatic heterocycles. The maximum atomic E-state index is 12.7. The van der Waals surface area contributed by atoms with Crippen molar-refractivity contribution < 1.29 is 9.53 Å². The molecule has 1 amide bonds. The predicted molar refractivity (Wildman–Crippen MR) is 117 cm³/mol. The minimum absolute atomic E-state index is 0.102. The van der Waals surface area contributed by atoms with Crippen LogP contribution in [0.15, 0.2) is 59.4 Å². The zero-order valence-electron chi connectivity index (χ0n) is 16.7. The number of rotatable bonds is 4. The summed E-state index contributed by atoms with van der Waals surface area (Å²) in [4.78, 5) is 19.4. The summed E-state index contributed by atoms with van der Waals surface area (Å²) >= 11 is 1.55. The Morgan fingerprint density at radius 1 is 1.20 bits per heavy atom. The van der Waals surface area contributed by atoms with E-state index in [1.165, 1.54) is 0 Å². The van der Waals surface area contributed by atoms with E-state index < -0.39 is 0 Å². The fraction of sp³-hybridized carbons (Fsp3) is 0.261. The average molecular weight is 419 g/mol. The van der Waals surface area contributed by atoms with Gasteiger partial charge in [0.15, 0.2) is 11.5 Å². The van der Waals surface area contributed by atoms with Gasteiger partial charge < -0.3 is 9.64 Å². The lowest BCUT2D eigenvalue weighted by Crippen LogP contribution is -2.39. The number of carbonyl (C=O) groups excluding carboxylic acids is 1. The van der Waals surface area contributed by atoms with E-state index in [0.29, 0.717) is 6.54 Å². The van der Waals surface area contributed by atoms with Crippen LogP contribution in [0.4, 0.5) is 0 Å². The van der Waals surface area contributed by atoms with Crippen molar-refractivity contribution in [3.8, 4) is 16.9 Å². The van der Waals surface area contributed by atoms with Gasteiger partial charge in [0.2, 0.25) is 0 Å². The van der Waals surface area contributed by atoms with Gasteiger partial charge in [0.05, 0.1) is 12.7 Å². The first-order valence-electron chi connectivity index (χ1n) is 10.0. The smallest absolute Gasteiger partial charge is 0.254 e. The van der Waals surface area contributed by atoms with E-state index in [9.17, 15) is 4.79 Å². The molecule has 0 radical (unpaired) electrons. The summed E-state index contributed by atoms with van der Waals surface area (Å²) in [6.45, 7) is 1.45. The van der Waals surface area contributed by atoms with Gasteiger partial charge in [0.25, 0.3) is 5.91 Å². The number of hydrogen-bond acceptors (Lipinski definition) is 5. The number of piperidine rings is 1. The average Bonchev–Trinajstić information content (AvgIpc) is 3.48. The summed E-state index contributed by atoms with van der Waals surface area (Å²) in [6, 6.07) is 13.9. The fourth-order valence-corrected chi connectivity index (χ4v) is 4.62. The van der Waals surface area contributed by atoms with E-state index in [1.807, 2.05) is 56.7 Å². The Morgan fingerprint density at radius 2 is 2.13 bits per heavy atom. The van der Waals surface area contributed by atoms with Crippen LogP contribution in [-0.4, -0.2) is 45.6 Å². The number of ether oxygens (including phenoxy) is 1. The molecule has 7 heteroatoms. The molecule has 6 nitrogen and oxygen atoms in total. The second kappa shape index (κ2) is 7.91. The minimum Gasteiger partial charge on any atom is -0.497 e. The van der Waals surface area contributed by atoms with Gasteiger partial charge in [0, 0.05) is 36.1 Å². The normalized spacial score (nSPS) is 16.7. The maximum absolute atomic E-state index is 12.7. The summed E-state index contributed by atoms with van der Waals surface area (Å²) < 4.78 is 7.17. The van der Waals surface area contributed by atoms with Gasteiger partial charge in [-0.3, -0.25) is 4.79 Å². The molecule has 0 bridgehead atoms. The number of nitrogens with zero attached hydrogens (tertiary/aromatic N) is 4. The lowest BCUT2D eigenvalue weighted by atomic mass is 9.97. The summed E-state index contributed by atoms with van der Waals surface area (Å²) in [7, 11) is 1.67. The van der Waals surface area contributed by atoms with E-state index in [2.05, 4.69) is 12.1 Å². The van der Waals surface area contributed by atoms with E-state index in [0.717, 1.165) is 53.3 Å². The van der Waals surface area contributed by atoms with Crippen molar-refractivity contribution in [3.63, 3.8) is 0 Å². The number of benzene rings is 1. The molecule has 1 fully saturated rings. The second-order valence-electron chi connectivity index (χ2n) is 7.52. The number of likely N-dealkylation sites (tertiary alicyclic amines) is 1. The third-order valence-corrected chi connectivity index (χ3v) is 6.28. The highest BCUT2D eigenvalue weighted by Gasteiger charge is 2.28. The molecule has 0 saturated carbocycles. The van der Waals surface area contributed by atoms with Crippen molar-refractivity contribution in [2.45, 2.75) is 18.8 Å². The highest BCUT2D eigenvalue weighted by atomic mass is 32.1. The molecule has 152 valence electrons. The van der Waals surface area contributed by atoms with E-state index in [4.69, 9.17) is 14.8 Å². The quantitative estimate of drug-likeness (QED) is 0.490. The first kappa shape index (κ1) is 18.8. The van der Waals surface area contributed by atoms with Crippen LogP contribution < -0.4 is 4.74 Å². The number of hydrogen-bond donors (Lipinski definition) is 0. The van der Waals surface area contributed by atoms with Gasteiger partial charge in [-0.1, -0.05) is 12.1 Å². The van der Waals surface area contributed by atoms with Crippen LogP contribution in [0.25, 0.3) is 16.8 Å². The number of pyridine rings is 1. The molecule has 5 rings (SSSR count). The number of fused-ring (bicyclic) bond motifs is 1. The number of carbonyl (C=O) groups is 1. The first-order valence-corrected chi connectivity index (χ1v) is 11.0. The molecule has 1 atom stereocenters. The number of aromatic nitrogens is 3. The molecule has 4 aromatic rings. The van der Waals surface area contributed by atoms with Crippen LogP contribution in [-0.2, 0) is 0 Å². The zero-order valence-corrected chi connectivity index (χ0v) is 17.5. The Balaban J connectivity index is 1.40. The highest BCUT2D eigenvalue weighted by molar-refractivity contribution is 7.08. The van der Waals surface area contributed by atoms with Gasteiger partial charge in [0.1, 0.15) is 5.75 Å². The Morgan fingerprint density at radius 3 is 2.97 bits per heavy atom. The van der Waals surface area contributed by atoms with Crippen molar-refractivity contribution in [3.05, 3.63) is 70.8 Å². The Bertz CT molecular complexity index is 1190. The molecule has 1 aliphatic rings. The van der Waals surface area contributed by atoms with Crippen LogP contribution in [0.1, 0.15) is 34.9 Å². The molecular formula is C23H22N4O2S. The third-order valence-electron chi connectivity index (χ3n) is 5.59. The van der Waals surface area contributed by atoms with Crippen molar-refractivity contribution in [2.75, 3.05) is 20.2 Å². The Labute approximate surface area is 178 Å². The van der Waals surface area contributed by atoms with Crippen molar-refractivity contribution in [1.82, 2.24) is 19.5 Å². The van der Waals surface area contributed by atoms with Crippen molar-refractivity contribution >= 4 is 22.9 Å². The van der Waals surface area contributed by atoms with Gasteiger partial charge >= 0.3 is 0 Å². The van der Waals surface area contributed by atoms with Crippen molar-refractivity contribution in [1.29, 1.82) is 0 Å². The second-order valence-corrected chi connectivity index (χ2v) is 8.30. The Hall–Kier alpha value is -3.19. The topological polar surface area (TPSA) is 59.7 Å². The molecule has 1 saturated heterocycles. The third kappa shape index (κ3) is 3.57. The van der Waals surface area contributed by atoms with E-state index in [-0.39, 0.29) is 11.8 Å². The summed E-state index contributed by atoms with van der Waals surface area (Å²) in [6.07, 6.45) is 3.95. The Kier molecular flexibility index (Phi) is 4.96. The van der Waals surface area contributed by atoms with E-state index >= 15 is 0 Å². The largest absolute Gasteiger partial charge is 0.497 e. The zero-order chi connectivity index (χ0) is 20.5. The summed E-state index contributed by atoms with van der Waals surface area (Å²) in [5, 5.41) is 8.61. The predicted octanol–water partition coefficient (Wildman–Crippen LogP) is 4.49. The molecule has 1 aliphatic heterocycles. The molecule has 1 aromatic carbocycles. The molecule has 0 aliphatic carbocycles. The number of amides is 1. The van der Waals surface area contributed by atoms with Crippen LogP contribution in [0.2, 0.25) is 0 Å². The number of thiophene rings is 1. The summed E-state index contributed by atoms with van der Waals surface area (Å²) in [5.74, 6) is 1.89. The van der Waals surface area contributed by atoms with E-state index in [1.54, 1.807) is 18.4 Å². The molecule has 1 unspecified atom stereocenters. The van der Waals surface area contributed by atoms with Gasteiger partial charge in [-0.2, -0.15) is 16.4 Å².